The number of hydrogen-bond acceptors (Lipinski definition) is 6. The van der Waals surface area contributed by atoms with Gasteiger partial charge in [-0.1, -0.05) is 45.0 Å². The minimum Gasteiger partial charge on any atom is -0.457 e. The molecule has 8 nitrogen and oxygen atoms in total. The second-order valence-corrected chi connectivity index (χ2v) is 9.94. The molecule has 0 aliphatic carbocycles. The van der Waals surface area contributed by atoms with E-state index in [1.165, 1.54) is 24.3 Å². The van der Waals surface area contributed by atoms with Crippen LogP contribution in [0.4, 0.5) is 11.4 Å². The first-order chi connectivity index (χ1) is 18.6. The first kappa shape index (κ1) is 27.1. The fourth-order valence-electron chi connectivity index (χ4n) is 3.72. The molecular weight excluding hydrogens is 496 g/mol. The van der Waals surface area contributed by atoms with Gasteiger partial charge in [0.25, 0.3) is 11.6 Å². The zero-order chi connectivity index (χ0) is 28.0. The van der Waals surface area contributed by atoms with Gasteiger partial charge in [-0.15, -0.1) is 0 Å². The maximum atomic E-state index is 12.6. The van der Waals surface area contributed by atoms with Crippen molar-refractivity contribution in [3.05, 3.63) is 129 Å². The Bertz CT molecular complexity index is 1470. The summed E-state index contributed by atoms with van der Waals surface area (Å²) in [6, 6.07) is 26.7. The number of ether oxygens (including phenoxy) is 2. The van der Waals surface area contributed by atoms with Gasteiger partial charge in [0.2, 0.25) is 0 Å². The van der Waals surface area contributed by atoms with Gasteiger partial charge in [0, 0.05) is 23.4 Å². The monoisotopic (exact) mass is 524 g/mol. The van der Waals surface area contributed by atoms with Crippen molar-refractivity contribution in [1.29, 1.82) is 0 Å². The summed E-state index contributed by atoms with van der Waals surface area (Å²) in [5.74, 6) is 0.211. The van der Waals surface area contributed by atoms with E-state index in [1.54, 1.807) is 60.7 Å². The lowest BCUT2D eigenvalue weighted by Crippen LogP contribution is -2.14. The highest BCUT2D eigenvalue weighted by Crippen LogP contribution is 2.25. The molecule has 8 heteroatoms. The van der Waals surface area contributed by atoms with E-state index in [-0.39, 0.29) is 23.6 Å². The van der Waals surface area contributed by atoms with Gasteiger partial charge < -0.3 is 14.8 Å². The number of carbonyl (C=O) groups is 2. The second-order valence-electron chi connectivity index (χ2n) is 9.94. The smallest absolute Gasteiger partial charge is 0.338 e. The van der Waals surface area contributed by atoms with Gasteiger partial charge in [-0.3, -0.25) is 14.9 Å². The van der Waals surface area contributed by atoms with E-state index < -0.39 is 10.9 Å². The molecular formula is C31H28N2O6. The van der Waals surface area contributed by atoms with Crippen LogP contribution >= 0.6 is 0 Å². The largest absolute Gasteiger partial charge is 0.457 e. The Kier molecular flexibility index (Phi) is 8.05. The fraction of sp³-hybridized carbons (Fsp3) is 0.161. The zero-order valence-corrected chi connectivity index (χ0v) is 21.8. The van der Waals surface area contributed by atoms with Gasteiger partial charge in [-0.05, 0) is 77.2 Å². The minimum atomic E-state index is -0.507. The summed E-state index contributed by atoms with van der Waals surface area (Å²) in [4.78, 5) is 35.5. The number of non-ortho nitro benzene ring substituents is 1. The molecule has 0 spiro atoms. The number of hydrogen-bond donors (Lipinski definition) is 1. The van der Waals surface area contributed by atoms with Crippen LogP contribution in [-0.2, 0) is 16.8 Å². The Labute approximate surface area is 226 Å². The minimum absolute atomic E-state index is 0.00528. The molecule has 4 aromatic carbocycles. The van der Waals surface area contributed by atoms with E-state index in [9.17, 15) is 19.7 Å². The molecule has 1 N–H and O–H groups in total. The van der Waals surface area contributed by atoms with Crippen LogP contribution in [0.25, 0.3) is 0 Å². The number of rotatable bonds is 8. The molecule has 0 aromatic heterocycles. The summed E-state index contributed by atoms with van der Waals surface area (Å²) in [6.07, 6.45) is 0. The molecule has 0 radical (unpaired) electrons. The average Bonchev–Trinajstić information content (AvgIpc) is 2.92. The first-order valence-electron chi connectivity index (χ1n) is 12.3. The van der Waals surface area contributed by atoms with Gasteiger partial charge in [0.15, 0.2) is 0 Å². The molecule has 1 amide bonds. The van der Waals surface area contributed by atoms with Gasteiger partial charge in [0.05, 0.1) is 10.5 Å². The van der Waals surface area contributed by atoms with Crippen LogP contribution in [0.3, 0.4) is 0 Å². The van der Waals surface area contributed by atoms with E-state index in [0.29, 0.717) is 33.9 Å². The molecule has 4 aromatic rings. The highest BCUT2D eigenvalue weighted by atomic mass is 16.6. The number of nitrogens with zero attached hydrogens (tertiary/aromatic N) is 1. The number of benzene rings is 4. The van der Waals surface area contributed by atoms with E-state index in [2.05, 4.69) is 26.1 Å². The Balaban J connectivity index is 1.31. The van der Waals surface area contributed by atoms with E-state index >= 15 is 0 Å². The third-order valence-corrected chi connectivity index (χ3v) is 5.94. The molecule has 0 atom stereocenters. The predicted molar refractivity (Wildman–Crippen MR) is 148 cm³/mol. The summed E-state index contributed by atoms with van der Waals surface area (Å²) < 4.78 is 11.2. The van der Waals surface area contributed by atoms with E-state index in [4.69, 9.17) is 9.47 Å². The number of nitro groups is 1. The van der Waals surface area contributed by atoms with Gasteiger partial charge in [0.1, 0.15) is 18.1 Å². The number of esters is 1. The number of carbonyl (C=O) groups excluding carboxylic acids is 2. The van der Waals surface area contributed by atoms with Crippen molar-refractivity contribution < 1.29 is 24.0 Å². The lowest BCUT2D eigenvalue weighted by Gasteiger charge is -2.19. The third kappa shape index (κ3) is 7.29. The summed E-state index contributed by atoms with van der Waals surface area (Å²) in [5.41, 5.74) is 3.30. The van der Waals surface area contributed by atoms with Crippen LogP contribution in [0.5, 0.6) is 11.5 Å². The van der Waals surface area contributed by atoms with Crippen molar-refractivity contribution in [1.82, 2.24) is 0 Å². The Morgan fingerprint density at radius 2 is 1.46 bits per heavy atom. The summed E-state index contributed by atoms with van der Waals surface area (Å²) in [6.45, 7) is 6.37. The number of nitrogens with one attached hydrogen (secondary N) is 1. The van der Waals surface area contributed by atoms with Crippen LogP contribution in [0.15, 0.2) is 97.1 Å². The van der Waals surface area contributed by atoms with Crippen LogP contribution in [0.1, 0.15) is 52.6 Å². The molecule has 0 unspecified atom stereocenters. The quantitative estimate of drug-likeness (QED) is 0.147. The molecule has 0 heterocycles. The lowest BCUT2D eigenvalue weighted by molar-refractivity contribution is -0.384. The molecule has 0 saturated carbocycles. The molecule has 4 rings (SSSR count). The van der Waals surface area contributed by atoms with Crippen molar-refractivity contribution in [3.63, 3.8) is 0 Å². The Morgan fingerprint density at radius 1 is 0.821 bits per heavy atom. The maximum Gasteiger partial charge on any atom is 0.338 e. The topological polar surface area (TPSA) is 108 Å². The molecule has 198 valence electrons. The average molecular weight is 525 g/mol. The summed E-state index contributed by atoms with van der Waals surface area (Å²) >= 11 is 0. The highest BCUT2D eigenvalue weighted by Gasteiger charge is 2.15. The number of nitro benzene ring substituents is 1. The Morgan fingerprint density at radius 3 is 2.08 bits per heavy atom. The van der Waals surface area contributed by atoms with Gasteiger partial charge in [-0.2, -0.15) is 0 Å². The molecule has 0 aliphatic heterocycles. The van der Waals surface area contributed by atoms with Crippen molar-refractivity contribution in [3.8, 4) is 11.5 Å². The SMILES string of the molecule is CC(C)(C)c1ccc(C(=O)Nc2ccc(C(=O)OCc3cccc(Oc4ccc([N+](=O)[O-])cc4)c3)cc2)cc1. The van der Waals surface area contributed by atoms with Crippen molar-refractivity contribution >= 4 is 23.3 Å². The van der Waals surface area contributed by atoms with Crippen LogP contribution in [-0.4, -0.2) is 16.8 Å². The normalized spacial score (nSPS) is 10.9. The lowest BCUT2D eigenvalue weighted by atomic mass is 9.87. The maximum absolute atomic E-state index is 12.6. The van der Waals surface area contributed by atoms with Crippen molar-refractivity contribution in [2.45, 2.75) is 32.8 Å². The number of anilines is 1. The Hall–Kier alpha value is -4.98. The molecule has 0 bridgehead atoms. The zero-order valence-electron chi connectivity index (χ0n) is 21.8. The van der Waals surface area contributed by atoms with Crippen LogP contribution < -0.4 is 10.1 Å². The second kappa shape index (κ2) is 11.6. The fourth-order valence-corrected chi connectivity index (χ4v) is 3.72. The van der Waals surface area contributed by atoms with E-state index in [1.807, 2.05) is 12.1 Å². The van der Waals surface area contributed by atoms with Gasteiger partial charge in [-0.25, -0.2) is 4.79 Å². The molecule has 0 fully saturated rings. The standard InChI is InChI=1S/C31H28N2O6/c1-31(2,3)24-11-7-22(8-12-24)29(34)32-25-13-9-23(10-14-25)30(35)38-20-21-5-4-6-28(19-21)39-27-17-15-26(16-18-27)33(36)37/h4-19H,20H2,1-3H3,(H,32,34). The first-order valence-corrected chi connectivity index (χ1v) is 12.3. The highest BCUT2D eigenvalue weighted by molar-refractivity contribution is 6.04. The van der Waals surface area contributed by atoms with Gasteiger partial charge >= 0.3 is 5.97 Å². The third-order valence-electron chi connectivity index (χ3n) is 5.94. The van der Waals surface area contributed by atoms with Crippen molar-refractivity contribution in [2.75, 3.05) is 5.32 Å². The number of amides is 1. The summed E-state index contributed by atoms with van der Waals surface area (Å²) in [5, 5.41) is 13.6. The van der Waals surface area contributed by atoms with Crippen LogP contribution in [0.2, 0.25) is 0 Å². The summed E-state index contributed by atoms with van der Waals surface area (Å²) in [7, 11) is 0. The van der Waals surface area contributed by atoms with Crippen molar-refractivity contribution in [2.24, 2.45) is 0 Å². The molecule has 0 aliphatic rings. The molecule has 0 saturated heterocycles. The molecule has 39 heavy (non-hydrogen) atoms. The van der Waals surface area contributed by atoms with E-state index in [0.717, 1.165) is 5.56 Å². The predicted octanol–water partition coefficient (Wildman–Crippen LogP) is 7.29. The van der Waals surface area contributed by atoms with Crippen LogP contribution in [0, 0.1) is 10.1 Å².